The number of ether oxygens (including phenoxy) is 2. The first-order valence-electron chi connectivity index (χ1n) is 9.04. The van der Waals surface area contributed by atoms with E-state index in [-0.39, 0.29) is 28.2 Å². The van der Waals surface area contributed by atoms with Crippen molar-refractivity contribution in [3.63, 3.8) is 0 Å². The van der Waals surface area contributed by atoms with Gasteiger partial charge in [-0.15, -0.1) is 0 Å². The molecule has 3 rings (SSSR count). The van der Waals surface area contributed by atoms with Crippen LogP contribution < -0.4 is 19.1 Å². The number of carbonyl (C=O) groups is 1. The van der Waals surface area contributed by atoms with E-state index in [1.165, 1.54) is 19.2 Å². The van der Waals surface area contributed by atoms with E-state index in [1.807, 2.05) is 20.8 Å². The van der Waals surface area contributed by atoms with Crippen LogP contribution in [0.2, 0.25) is 5.02 Å². The maximum atomic E-state index is 12.9. The van der Waals surface area contributed by atoms with Crippen molar-refractivity contribution >= 4 is 38.9 Å². The van der Waals surface area contributed by atoms with E-state index in [0.29, 0.717) is 23.7 Å². The third kappa shape index (κ3) is 4.13. The Kier molecular flexibility index (Phi) is 5.69. The van der Waals surface area contributed by atoms with Gasteiger partial charge >= 0.3 is 0 Å². The molecule has 1 amide bonds. The Morgan fingerprint density at radius 2 is 1.97 bits per heavy atom. The quantitative estimate of drug-likeness (QED) is 0.764. The number of sulfonamides is 1. The van der Waals surface area contributed by atoms with Crippen LogP contribution in [0.5, 0.6) is 11.5 Å². The molecule has 29 heavy (non-hydrogen) atoms. The van der Waals surface area contributed by atoms with Crippen LogP contribution in [0, 0.1) is 5.41 Å². The van der Waals surface area contributed by atoms with Gasteiger partial charge in [0.2, 0.25) is 5.91 Å². The summed E-state index contributed by atoms with van der Waals surface area (Å²) in [7, 11) is -2.58. The summed E-state index contributed by atoms with van der Waals surface area (Å²) in [6, 6.07) is 9.19. The van der Waals surface area contributed by atoms with Crippen molar-refractivity contribution in [1.29, 1.82) is 0 Å². The number of hydrogen-bond acceptors (Lipinski definition) is 5. The fourth-order valence-electron chi connectivity index (χ4n) is 3.10. The summed E-state index contributed by atoms with van der Waals surface area (Å²) in [6.07, 6.45) is 0. The van der Waals surface area contributed by atoms with Crippen molar-refractivity contribution in [3.05, 3.63) is 41.4 Å². The fraction of sp³-hybridized carbons (Fsp3) is 0.350. The lowest BCUT2D eigenvalue weighted by atomic mass is 9.93. The molecule has 0 saturated heterocycles. The third-order valence-corrected chi connectivity index (χ3v) is 6.28. The average Bonchev–Trinajstić information content (AvgIpc) is 2.76. The lowest BCUT2D eigenvalue weighted by Gasteiger charge is -2.26. The zero-order valence-corrected chi connectivity index (χ0v) is 18.2. The second kappa shape index (κ2) is 7.76. The highest BCUT2D eigenvalue weighted by Crippen LogP contribution is 2.38. The number of hydrogen-bond donors (Lipinski definition) is 1. The third-order valence-electron chi connectivity index (χ3n) is 4.65. The molecule has 1 aliphatic heterocycles. The standard InChI is InChI=1S/C20H23ClN2O5S/c1-5-23-15-8-7-14(11-17(15)28-12-20(2,3)19(23)24)22-29(25,26)18-10-13(21)6-9-16(18)27-4/h6-11,22H,5,12H2,1-4H3. The first-order chi connectivity index (χ1) is 13.6. The molecule has 1 heterocycles. The Labute approximate surface area is 175 Å². The van der Waals surface area contributed by atoms with Gasteiger partial charge in [-0.1, -0.05) is 11.6 Å². The molecule has 0 aromatic heterocycles. The van der Waals surface area contributed by atoms with Crippen LogP contribution in [-0.2, 0) is 14.8 Å². The van der Waals surface area contributed by atoms with E-state index in [1.54, 1.807) is 29.2 Å². The Hall–Kier alpha value is -2.45. The zero-order valence-electron chi connectivity index (χ0n) is 16.7. The predicted octanol–water partition coefficient (Wildman–Crippen LogP) is 3.92. The van der Waals surface area contributed by atoms with Crippen LogP contribution in [0.1, 0.15) is 20.8 Å². The molecule has 2 aromatic carbocycles. The molecule has 1 aliphatic rings. The van der Waals surface area contributed by atoms with Crippen molar-refractivity contribution < 1.29 is 22.7 Å². The number of carbonyl (C=O) groups excluding carboxylic acids is 1. The Balaban J connectivity index is 1.98. The molecule has 0 atom stereocenters. The number of methoxy groups -OCH3 is 1. The van der Waals surface area contributed by atoms with Crippen LogP contribution in [-0.4, -0.2) is 34.6 Å². The highest BCUT2D eigenvalue weighted by atomic mass is 35.5. The Morgan fingerprint density at radius 1 is 1.24 bits per heavy atom. The van der Waals surface area contributed by atoms with Crippen molar-refractivity contribution in [2.45, 2.75) is 25.7 Å². The molecule has 9 heteroatoms. The molecule has 156 valence electrons. The molecule has 0 aliphatic carbocycles. The first kappa shape index (κ1) is 21.3. The average molecular weight is 439 g/mol. The molecule has 0 fully saturated rings. The minimum absolute atomic E-state index is 0.0456. The number of anilines is 2. The van der Waals surface area contributed by atoms with E-state index in [0.717, 1.165) is 0 Å². The highest BCUT2D eigenvalue weighted by molar-refractivity contribution is 7.92. The minimum atomic E-state index is -3.96. The van der Waals surface area contributed by atoms with Crippen molar-refractivity contribution in [1.82, 2.24) is 0 Å². The summed E-state index contributed by atoms with van der Waals surface area (Å²) < 4.78 is 39.3. The van der Waals surface area contributed by atoms with Gasteiger partial charge < -0.3 is 14.4 Å². The number of amides is 1. The summed E-state index contributed by atoms with van der Waals surface area (Å²) in [5.74, 6) is 0.567. The number of benzene rings is 2. The maximum absolute atomic E-state index is 12.9. The van der Waals surface area contributed by atoms with E-state index in [9.17, 15) is 13.2 Å². The van der Waals surface area contributed by atoms with E-state index in [2.05, 4.69) is 4.72 Å². The number of nitrogens with zero attached hydrogens (tertiary/aromatic N) is 1. The number of nitrogens with one attached hydrogen (secondary N) is 1. The van der Waals surface area contributed by atoms with Crippen molar-refractivity contribution in [3.8, 4) is 11.5 Å². The lowest BCUT2D eigenvalue weighted by Crippen LogP contribution is -2.42. The fourth-order valence-corrected chi connectivity index (χ4v) is 4.58. The number of halogens is 1. The maximum Gasteiger partial charge on any atom is 0.265 e. The first-order valence-corrected chi connectivity index (χ1v) is 10.9. The molecular formula is C20H23ClN2O5S. The van der Waals surface area contributed by atoms with Gasteiger partial charge in [-0.05, 0) is 51.1 Å². The second-order valence-electron chi connectivity index (χ2n) is 7.31. The monoisotopic (exact) mass is 438 g/mol. The molecule has 0 bridgehead atoms. The largest absolute Gasteiger partial charge is 0.495 e. The lowest BCUT2D eigenvalue weighted by molar-refractivity contribution is -0.127. The highest BCUT2D eigenvalue weighted by Gasteiger charge is 2.37. The van der Waals surface area contributed by atoms with Gasteiger partial charge in [0.15, 0.2) is 0 Å². The number of rotatable bonds is 5. The summed E-state index contributed by atoms with van der Waals surface area (Å²) in [5.41, 5.74) is 0.211. The normalized spacial score (nSPS) is 15.9. The molecule has 1 N–H and O–H groups in total. The van der Waals surface area contributed by atoms with Gasteiger partial charge in [0.25, 0.3) is 10.0 Å². The Bertz CT molecular complexity index is 1050. The van der Waals surface area contributed by atoms with E-state index >= 15 is 0 Å². The van der Waals surface area contributed by atoms with Crippen molar-refractivity contribution in [2.24, 2.45) is 5.41 Å². The van der Waals surface area contributed by atoms with Crippen LogP contribution in [0.25, 0.3) is 0 Å². The van der Waals surface area contributed by atoms with Crippen LogP contribution in [0.4, 0.5) is 11.4 Å². The SMILES string of the molecule is CCN1C(=O)C(C)(C)COc2cc(NS(=O)(=O)c3cc(Cl)ccc3OC)ccc21. The van der Waals surface area contributed by atoms with Gasteiger partial charge in [-0.2, -0.15) is 0 Å². The summed E-state index contributed by atoms with van der Waals surface area (Å²) in [4.78, 5) is 14.3. The molecular weight excluding hydrogens is 416 g/mol. The smallest absolute Gasteiger partial charge is 0.265 e. The van der Waals surface area contributed by atoms with Gasteiger partial charge in [0, 0.05) is 17.6 Å². The van der Waals surface area contributed by atoms with Gasteiger partial charge in [-0.25, -0.2) is 8.42 Å². The molecule has 0 unspecified atom stereocenters. The Morgan fingerprint density at radius 3 is 2.62 bits per heavy atom. The van der Waals surface area contributed by atoms with Crippen LogP contribution >= 0.6 is 11.6 Å². The molecule has 2 aromatic rings. The van der Waals surface area contributed by atoms with Crippen LogP contribution in [0.3, 0.4) is 0 Å². The van der Waals surface area contributed by atoms with E-state index in [4.69, 9.17) is 21.1 Å². The number of fused-ring (bicyclic) bond motifs is 1. The minimum Gasteiger partial charge on any atom is -0.495 e. The molecule has 0 spiro atoms. The summed E-state index contributed by atoms with van der Waals surface area (Å²) in [6.45, 7) is 6.18. The summed E-state index contributed by atoms with van der Waals surface area (Å²) >= 11 is 5.96. The van der Waals surface area contributed by atoms with Gasteiger partial charge in [0.05, 0.1) is 23.9 Å². The molecule has 7 nitrogen and oxygen atoms in total. The molecule has 0 saturated carbocycles. The van der Waals surface area contributed by atoms with Gasteiger partial charge in [-0.3, -0.25) is 9.52 Å². The topological polar surface area (TPSA) is 84.9 Å². The van der Waals surface area contributed by atoms with Gasteiger partial charge in [0.1, 0.15) is 23.0 Å². The van der Waals surface area contributed by atoms with Crippen LogP contribution in [0.15, 0.2) is 41.3 Å². The zero-order chi connectivity index (χ0) is 21.4. The summed E-state index contributed by atoms with van der Waals surface area (Å²) in [5, 5.41) is 0.274. The van der Waals surface area contributed by atoms with E-state index < -0.39 is 15.4 Å². The molecule has 0 radical (unpaired) electrons. The van der Waals surface area contributed by atoms with Crippen molar-refractivity contribution in [2.75, 3.05) is 29.9 Å². The second-order valence-corrected chi connectivity index (χ2v) is 9.39. The predicted molar refractivity (Wildman–Crippen MR) is 113 cm³/mol.